The van der Waals surface area contributed by atoms with E-state index in [2.05, 4.69) is 130 Å². The molecule has 2 N–H and O–H groups in total. The van der Waals surface area contributed by atoms with E-state index in [-0.39, 0.29) is 0 Å². The molecule has 8 aromatic carbocycles. The summed E-state index contributed by atoms with van der Waals surface area (Å²) in [7, 11) is -1.52. The zero-order chi connectivity index (χ0) is 37.2. The van der Waals surface area contributed by atoms with Gasteiger partial charge >= 0.3 is 7.12 Å². The zero-order valence-corrected chi connectivity index (χ0v) is 31.5. The van der Waals surface area contributed by atoms with Crippen molar-refractivity contribution in [3.63, 3.8) is 0 Å². The van der Waals surface area contributed by atoms with Crippen LogP contribution in [-0.4, -0.2) is 27.1 Å². The molecule has 0 saturated carbocycles. The minimum absolute atomic E-state index is 0.561. The molecule has 10 rings (SSSR count). The van der Waals surface area contributed by atoms with Gasteiger partial charge in [0.05, 0.1) is 16.7 Å². The molecule has 0 unspecified atom stereocenters. The van der Waals surface area contributed by atoms with Gasteiger partial charge in [0.25, 0.3) is 0 Å². The molecule has 2 aromatic heterocycles. The predicted molar refractivity (Wildman–Crippen MR) is 233 cm³/mol. The van der Waals surface area contributed by atoms with Crippen LogP contribution in [0.25, 0.3) is 87.3 Å². The predicted octanol–water partition coefficient (Wildman–Crippen LogP) is 11.9. The van der Waals surface area contributed by atoms with Crippen LogP contribution in [0.15, 0.2) is 174 Å². The first-order valence-electron chi connectivity index (χ1n) is 18.2. The number of pyridine rings is 2. The lowest BCUT2D eigenvalue weighted by Gasteiger charge is -2.17. The summed E-state index contributed by atoms with van der Waals surface area (Å²) >= 11 is 3.65. The van der Waals surface area contributed by atoms with E-state index in [1.807, 2.05) is 74.6 Å². The van der Waals surface area contributed by atoms with Crippen LogP contribution in [0.1, 0.15) is 13.8 Å². The van der Waals surface area contributed by atoms with E-state index >= 15 is 0 Å². The third kappa shape index (κ3) is 6.39. The fourth-order valence-electron chi connectivity index (χ4n) is 7.46. The van der Waals surface area contributed by atoms with Crippen molar-refractivity contribution in [3.8, 4) is 22.4 Å². The lowest BCUT2D eigenvalue weighted by atomic mass is 9.72. The molecule has 0 atom stereocenters. The van der Waals surface area contributed by atoms with Crippen molar-refractivity contribution in [2.45, 2.75) is 13.8 Å². The summed E-state index contributed by atoms with van der Waals surface area (Å²) < 4.78 is 1.10. The van der Waals surface area contributed by atoms with Crippen molar-refractivity contribution >= 4 is 93.4 Å². The van der Waals surface area contributed by atoms with Gasteiger partial charge in [-0.2, -0.15) is 0 Å². The highest BCUT2D eigenvalue weighted by Gasteiger charge is 2.22. The second-order valence-corrected chi connectivity index (χ2v) is 13.7. The van der Waals surface area contributed by atoms with Gasteiger partial charge in [0, 0.05) is 27.0 Å². The van der Waals surface area contributed by atoms with E-state index in [0.717, 1.165) is 70.2 Å². The molecule has 0 fully saturated rings. The topological polar surface area (TPSA) is 66.2 Å². The van der Waals surface area contributed by atoms with Crippen LogP contribution in [0.4, 0.5) is 0 Å². The first kappa shape index (κ1) is 35.1. The van der Waals surface area contributed by atoms with Gasteiger partial charge < -0.3 is 10.0 Å². The number of hydrogen-bond acceptors (Lipinski definition) is 4. The van der Waals surface area contributed by atoms with E-state index in [1.54, 1.807) is 0 Å². The summed E-state index contributed by atoms with van der Waals surface area (Å²) in [6, 6.07) is 55.8. The SMILES string of the molecule is Brc1ccc(-c2ccc3ccc4cccnc4c3n2)c2ccccc12.CC.OB(O)c1c2ccccc2c(-c2ccc3ccccc3c2)c2ccccc12. The molecule has 0 aliphatic heterocycles. The Morgan fingerprint density at radius 3 is 1.70 bits per heavy atom. The number of halogens is 1. The van der Waals surface area contributed by atoms with Gasteiger partial charge in [-0.05, 0) is 83.9 Å². The Labute approximate surface area is 322 Å². The van der Waals surface area contributed by atoms with Crippen molar-refractivity contribution in [1.29, 1.82) is 0 Å². The molecule has 0 saturated heterocycles. The molecule has 0 bridgehead atoms. The Balaban J connectivity index is 0.000000147. The van der Waals surface area contributed by atoms with Gasteiger partial charge in [-0.1, -0.05) is 169 Å². The third-order valence-electron chi connectivity index (χ3n) is 9.85. The molecule has 54 heavy (non-hydrogen) atoms. The standard InChI is InChI=1S/C24H17BO2.C22H13BrN2.C2H6/c26-25(27)24-21-11-5-3-9-19(21)23(20-10-4-6-12-22(20)24)18-14-13-16-7-1-2-8-17(16)15-18;23-19-11-10-18(16-5-1-2-6-17(16)19)20-12-9-15-8-7-14-4-3-13-24-21(14)22(15)25-20;1-2/h1-15,26-27H;1-13H;1-2H3. The Morgan fingerprint density at radius 1 is 0.481 bits per heavy atom. The summed E-state index contributed by atoms with van der Waals surface area (Å²) in [4.78, 5) is 9.53. The number of rotatable bonds is 3. The molecule has 6 heteroatoms. The highest BCUT2D eigenvalue weighted by atomic mass is 79.9. The molecular formula is C48H36BBrN2O2. The Bertz CT molecular complexity index is 2920. The van der Waals surface area contributed by atoms with Gasteiger partial charge in [-0.25, -0.2) is 4.98 Å². The maximum absolute atomic E-state index is 10.1. The normalized spacial score (nSPS) is 11.1. The maximum Gasteiger partial charge on any atom is 0.489 e. The van der Waals surface area contributed by atoms with Gasteiger partial charge in [0.1, 0.15) is 0 Å². The minimum atomic E-state index is -1.52. The van der Waals surface area contributed by atoms with Crippen molar-refractivity contribution < 1.29 is 10.0 Å². The fourth-order valence-corrected chi connectivity index (χ4v) is 7.93. The third-order valence-corrected chi connectivity index (χ3v) is 10.5. The second-order valence-electron chi connectivity index (χ2n) is 12.9. The largest absolute Gasteiger partial charge is 0.489 e. The molecule has 0 radical (unpaired) electrons. The van der Waals surface area contributed by atoms with Crippen LogP contribution in [-0.2, 0) is 0 Å². The molecule has 0 spiro atoms. The number of fused-ring (bicyclic) bond motifs is 7. The van der Waals surface area contributed by atoms with Crippen molar-refractivity contribution in [3.05, 3.63) is 174 Å². The lowest BCUT2D eigenvalue weighted by Crippen LogP contribution is -2.31. The highest BCUT2D eigenvalue weighted by Crippen LogP contribution is 2.37. The summed E-state index contributed by atoms with van der Waals surface area (Å²) in [6.07, 6.45) is 1.82. The van der Waals surface area contributed by atoms with Crippen LogP contribution in [0.5, 0.6) is 0 Å². The van der Waals surface area contributed by atoms with Crippen LogP contribution in [0, 0.1) is 0 Å². The van der Waals surface area contributed by atoms with Gasteiger partial charge in [0.15, 0.2) is 0 Å². The minimum Gasteiger partial charge on any atom is -0.423 e. The first-order valence-corrected chi connectivity index (χ1v) is 19.0. The van der Waals surface area contributed by atoms with Crippen molar-refractivity contribution in [2.24, 2.45) is 0 Å². The monoisotopic (exact) mass is 762 g/mol. The van der Waals surface area contributed by atoms with Gasteiger partial charge in [-0.15, -0.1) is 0 Å². The molecule has 4 nitrogen and oxygen atoms in total. The van der Waals surface area contributed by atoms with E-state index in [9.17, 15) is 10.0 Å². The van der Waals surface area contributed by atoms with Crippen molar-refractivity contribution in [1.82, 2.24) is 9.97 Å². The summed E-state index contributed by atoms with van der Waals surface area (Å²) in [5.41, 5.74) is 6.80. The smallest absolute Gasteiger partial charge is 0.423 e. The summed E-state index contributed by atoms with van der Waals surface area (Å²) in [5.74, 6) is 0. The summed E-state index contributed by atoms with van der Waals surface area (Å²) in [5, 5.41) is 30.9. The quantitative estimate of drug-likeness (QED) is 0.107. The highest BCUT2D eigenvalue weighted by molar-refractivity contribution is 9.10. The average molecular weight is 764 g/mol. The molecular weight excluding hydrogens is 727 g/mol. The molecule has 0 amide bonds. The first-order chi connectivity index (χ1) is 26.5. The molecule has 260 valence electrons. The van der Waals surface area contributed by atoms with E-state index in [1.165, 1.54) is 21.5 Å². The van der Waals surface area contributed by atoms with E-state index in [0.29, 0.717) is 5.46 Å². The van der Waals surface area contributed by atoms with Gasteiger partial charge in [0.2, 0.25) is 0 Å². The lowest BCUT2D eigenvalue weighted by molar-refractivity contribution is 0.426. The van der Waals surface area contributed by atoms with Crippen LogP contribution in [0.3, 0.4) is 0 Å². The van der Waals surface area contributed by atoms with E-state index in [4.69, 9.17) is 4.98 Å². The Morgan fingerprint density at radius 2 is 1.02 bits per heavy atom. The molecule has 0 aliphatic rings. The zero-order valence-electron chi connectivity index (χ0n) is 29.9. The fraction of sp³-hybridized carbons (Fsp3) is 0.0417. The van der Waals surface area contributed by atoms with E-state index < -0.39 is 7.12 Å². The number of benzene rings is 8. The maximum atomic E-state index is 10.1. The van der Waals surface area contributed by atoms with Crippen molar-refractivity contribution in [2.75, 3.05) is 0 Å². The Kier molecular flexibility index (Phi) is 9.90. The van der Waals surface area contributed by atoms with Crippen LogP contribution in [0.2, 0.25) is 0 Å². The summed E-state index contributed by atoms with van der Waals surface area (Å²) in [6.45, 7) is 4.00. The van der Waals surface area contributed by atoms with Crippen LogP contribution < -0.4 is 5.46 Å². The number of nitrogens with zero attached hydrogens (tertiary/aromatic N) is 2. The van der Waals surface area contributed by atoms with Gasteiger partial charge in [-0.3, -0.25) is 4.98 Å². The number of hydrogen-bond donors (Lipinski definition) is 2. The van der Waals surface area contributed by atoms with Crippen LogP contribution >= 0.6 is 15.9 Å². The second kappa shape index (κ2) is 15.2. The Hall–Kier alpha value is -5.92. The number of aromatic nitrogens is 2. The molecule has 2 heterocycles. The molecule has 0 aliphatic carbocycles. The molecule has 10 aromatic rings. The average Bonchev–Trinajstić information content (AvgIpc) is 3.23.